The number of alkyl halides is 3. The minimum Gasteiger partial charge on any atom is -0.314 e. The molecule has 0 bridgehead atoms. The van der Waals surface area contributed by atoms with E-state index in [2.05, 4.69) is 10.2 Å². The Labute approximate surface area is 139 Å². The van der Waals surface area contributed by atoms with Crippen molar-refractivity contribution in [1.82, 2.24) is 10.2 Å². The Morgan fingerprint density at radius 2 is 1.65 bits per heavy atom. The van der Waals surface area contributed by atoms with Gasteiger partial charge < -0.3 is 5.32 Å². The monoisotopic (exact) mass is 344 g/mol. The van der Waals surface area contributed by atoms with Gasteiger partial charge >= 0.3 is 5.51 Å². The highest BCUT2D eigenvalue weighted by molar-refractivity contribution is 8.00. The van der Waals surface area contributed by atoms with Gasteiger partial charge in [0, 0.05) is 37.1 Å². The van der Waals surface area contributed by atoms with Crippen LogP contribution in [0, 0.1) is 5.92 Å². The van der Waals surface area contributed by atoms with Gasteiger partial charge in [0.1, 0.15) is 0 Å². The number of nitrogens with one attached hydrogen (secondary N) is 1. The molecule has 1 aliphatic heterocycles. The smallest absolute Gasteiger partial charge is 0.314 e. The topological polar surface area (TPSA) is 15.3 Å². The molecule has 1 atom stereocenters. The van der Waals surface area contributed by atoms with Crippen molar-refractivity contribution in [2.24, 2.45) is 5.92 Å². The van der Waals surface area contributed by atoms with E-state index in [-0.39, 0.29) is 16.7 Å². The summed E-state index contributed by atoms with van der Waals surface area (Å²) in [6.07, 6.45) is 5.01. The summed E-state index contributed by atoms with van der Waals surface area (Å²) < 4.78 is 37.5. The number of rotatable bonds is 4. The molecule has 128 valence electrons. The Bertz CT molecular complexity index is 492. The summed E-state index contributed by atoms with van der Waals surface area (Å²) in [5, 5.41) is 3.38. The van der Waals surface area contributed by atoms with Crippen LogP contribution in [0.25, 0.3) is 0 Å². The molecule has 0 radical (unpaired) electrons. The van der Waals surface area contributed by atoms with Gasteiger partial charge in [-0.3, -0.25) is 4.90 Å². The molecule has 1 saturated carbocycles. The number of hydrogen-bond acceptors (Lipinski definition) is 3. The zero-order valence-corrected chi connectivity index (χ0v) is 13.9. The lowest BCUT2D eigenvalue weighted by Gasteiger charge is -2.38. The van der Waals surface area contributed by atoms with Gasteiger partial charge in [0.05, 0.1) is 0 Å². The van der Waals surface area contributed by atoms with Crippen molar-refractivity contribution in [3.05, 3.63) is 29.8 Å². The van der Waals surface area contributed by atoms with E-state index in [1.807, 2.05) is 12.1 Å². The summed E-state index contributed by atoms with van der Waals surface area (Å²) in [4.78, 5) is 2.78. The molecular formula is C17H23F3N2S. The quantitative estimate of drug-likeness (QED) is 0.813. The average molecular weight is 344 g/mol. The Kier molecular flexibility index (Phi) is 5.54. The summed E-state index contributed by atoms with van der Waals surface area (Å²) in [5.74, 6) is 0.634. The molecule has 6 heteroatoms. The fraction of sp³-hybridized carbons (Fsp3) is 0.647. The first-order valence-electron chi connectivity index (χ1n) is 8.33. The third-order valence-electron chi connectivity index (χ3n) is 4.85. The van der Waals surface area contributed by atoms with Crippen LogP contribution < -0.4 is 5.32 Å². The molecule has 1 aromatic rings. The lowest BCUT2D eigenvalue weighted by atomic mass is 9.90. The lowest BCUT2D eigenvalue weighted by molar-refractivity contribution is -0.0328. The van der Waals surface area contributed by atoms with Crippen LogP contribution in [0.5, 0.6) is 0 Å². The summed E-state index contributed by atoms with van der Waals surface area (Å²) in [6.45, 7) is 4.01. The SMILES string of the molecule is FC(F)(F)Sc1ccc([C@@H](C2CCCC2)N2CCNCC2)cc1. The molecule has 3 rings (SSSR count). The number of piperazine rings is 1. The van der Waals surface area contributed by atoms with E-state index < -0.39 is 5.51 Å². The van der Waals surface area contributed by atoms with Crippen LogP contribution in [0.4, 0.5) is 13.2 Å². The number of benzene rings is 1. The molecule has 1 aromatic carbocycles. The molecule has 0 amide bonds. The van der Waals surface area contributed by atoms with Crippen LogP contribution in [0.1, 0.15) is 37.3 Å². The standard InChI is InChI=1S/C17H23F3N2S/c18-17(19,20)23-15-7-5-14(6-8-15)16(13-3-1-2-4-13)22-11-9-21-10-12-22/h5-8,13,16,21H,1-4,9-12H2/t16-/m1/s1. The Morgan fingerprint density at radius 3 is 2.22 bits per heavy atom. The number of halogens is 3. The molecule has 2 fully saturated rings. The summed E-state index contributed by atoms with van der Waals surface area (Å²) >= 11 is -0.0346. The fourth-order valence-corrected chi connectivity index (χ4v) is 4.42. The van der Waals surface area contributed by atoms with Crippen LogP contribution in [-0.2, 0) is 0 Å². The minimum atomic E-state index is -4.22. The first kappa shape index (κ1) is 17.1. The van der Waals surface area contributed by atoms with Gasteiger partial charge in [-0.15, -0.1) is 0 Å². The molecule has 2 aliphatic rings. The zero-order valence-electron chi connectivity index (χ0n) is 13.1. The van der Waals surface area contributed by atoms with E-state index in [0.717, 1.165) is 26.2 Å². The normalized spacial score (nSPS) is 22.4. The average Bonchev–Trinajstić information content (AvgIpc) is 3.03. The first-order chi connectivity index (χ1) is 11.0. The zero-order chi connectivity index (χ0) is 16.3. The minimum absolute atomic E-state index is 0.0346. The molecule has 0 spiro atoms. The largest absolute Gasteiger partial charge is 0.446 e. The number of hydrogen-bond donors (Lipinski definition) is 1. The third kappa shape index (κ3) is 4.64. The lowest BCUT2D eigenvalue weighted by Crippen LogP contribution is -2.46. The number of thioether (sulfide) groups is 1. The fourth-order valence-electron chi connectivity index (χ4n) is 3.88. The van der Waals surface area contributed by atoms with Crippen molar-refractivity contribution < 1.29 is 13.2 Å². The highest BCUT2D eigenvalue weighted by atomic mass is 32.2. The Hall–Kier alpha value is -0.720. The van der Waals surface area contributed by atoms with Crippen LogP contribution in [0.3, 0.4) is 0 Å². The van der Waals surface area contributed by atoms with Gasteiger partial charge in [0.2, 0.25) is 0 Å². The first-order valence-corrected chi connectivity index (χ1v) is 9.15. The van der Waals surface area contributed by atoms with Crippen molar-refractivity contribution in [2.75, 3.05) is 26.2 Å². The summed E-state index contributed by atoms with van der Waals surface area (Å²) in [5.41, 5.74) is -3.05. The highest BCUT2D eigenvalue weighted by Crippen LogP contribution is 2.41. The van der Waals surface area contributed by atoms with Crippen molar-refractivity contribution in [3.63, 3.8) is 0 Å². The molecule has 2 nitrogen and oxygen atoms in total. The van der Waals surface area contributed by atoms with Gasteiger partial charge in [0.15, 0.2) is 0 Å². The predicted molar refractivity (Wildman–Crippen MR) is 87.5 cm³/mol. The molecule has 1 aliphatic carbocycles. The van der Waals surface area contributed by atoms with Crippen molar-refractivity contribution in [1.29, 1.82) is 0 Å². The maximum Gasteiger partial charge on any atom is 0.446 e. The van der Waals surface area contributed by atoms with Crippen molar-refractivity contribution in [3.8, 4) is 0 Å². The summed E-state index contributed by atoms with van der Waals surface area (Å²) in [6, 6.07) is 7.40. The van der Waals surface area contributed by atoms with Crippen molar-refractivity contribution in [2.45, 2.75) is 42.1 Å². The Morgan fingerprint density at radius 1 is 1.04 bits per heavy atom. The van der Waals surface area contributed by atoms with E-state index >= 15 is 0 Å². The van der Waals surface area contributed by atoms with E-state index in [1.54, 1.807) is 12.1 Å². The van der Waals surface area contributed by atoms with Gasteiger partial charge in [-0.2, -0.15) is 13.2 Å². The van der Waals surface area contributed by atoms with Crippen LogP contribution in [0.15, 0.2) is 29.2 Å². The molecule has 0 aromatic heterocycles. The highest BCUT2D eigenvalue weighted by Gasteiger charge is 2.32. The maximum atomic E-state index is 12.5. The maximum absolute atomic E-state index is 12.5. The molecular weight excluding hydrogens is 321 g/mol. The van der Waals surface area contributed by atoms with Crippen LogP contribution >= 0.6 is 11.8 Å². The van der Waals surface area contributed by atoms with E-state index in [0.29, 0.717) is 12.0 Å². The summed E-state index contributed by atoms with van der Waals surface area (Å²) in [7, 11) is 0. The molecule has 0 unspecified atom stereocenters. The second kappa shape index (κ2) is 7.45. The van der Waals surface area contributed by atoms with E-state index in [4.69, 9.17) is 0 Å². The van der Waals surface area contributed by atoms with Crippen molar-refractivity contribution >= 4 is 11.8 Å². The van der Waals surface area contributed by atoms with E-state index in [9.17, 15) is 13.2 Å². The number of nitrogens with zero attached hydrogens (tertiary/aromatic N) is 1. The van der Waals surface area contributed by atoms with Gasteiger partial charge in [-0.05, 0) is 48.2 Å². The van der Waals surface area contributed by atoms with Gasteiger partial charge in [0.25, 0.3) is 0 Å². The third-order valence-corrected chi connectivity index (χ3v) is 5.59. The van der Waals surface area contributed by atoms with Gasteiger partial charge in [-0.25, -0.2) is 0 Å². The van der Waals surface area contributed by atoms with E-state index in [1.165, 1.54) is 31.2 Å². The molecule has 23 heavy (non-hydrogen) atoms. The molecule has 1 saturated heterocycles. The Balaban J connectivity index is 1.78. The second-order valence-electron chi connectivity index (χ2n) is 6.39. The predicted octanol–water partition coefficient (Wildman–Crippen LogP) is 4.44. The van der Waals surface area contributed by atoms with Crippen LogP contribution in [0.2, 0.25) is 0 Å². The van der Waals surface area contributed by atoms with Gasteiger partial charge in [-0.1, -0.05) is 25.0 Å². The van der Waals surface area contributed by atoms with Crippen LogP contribution in [-0.4, -0.2) is 36.6 Å². The molecule has 1 heterocycles. The molecule has 1 N–H and O–H groups in total. The second-order valence-corrected chi connectivity index (χ2v) is 7.53.